The van der Waals surface area contributed by atoms with E-state index in [1.54, 1.807) is 19.1 Å². The lowest BCUT2D eigenvalue weighted by Crippen LogP contribution is -2.09. The van der Waals surface area contributed by atoms with Crippen molar-refractivity contribution in [2.45, 2.75) is 26.9 Å². The molecule has 0 unspecified atom stereocenters. The van der Waals surface area contributed by atoms with Crippen molar-refractivity contribution in [3.05, 3.63) is 26.8 Å². The summed E-state index contributed by atoms with van der Waals surface area (Å²) in [6.07, 6.45) is 0.480. The van der Waals surface area contributed by atoms with Crippen LogP contribution in [0.15, 0.2) is 12.1 Å². The van der Waals surface area contributed by atoms with Crippen LogP contribution in [-0.2, 0) is 6.42 Å². The van der Waals surface area contributed by atoms with Crippen LogP contribution in [0, 0.1) is 3.57 Å². The number of ether oxygens (including phenoxy) is 1. The summed E-state index contributed by atoms with van der Waals surface area (Å²) >= 11 is 1.91. The van der Waals surface area contributed by atoms with Crippen LogP contribution >= 0.6 is 22.6 Å². The summed E-state index contributed by atoms with van der Waals surface area (Å²) in [5.74, 6) is -0.0295. The third-order valence-corrected chi connectivity index (χ3v) is 3.00. The van der Waals surface area contributed by atoms with Gasteiger partial charge >= 0.3 is 6.61 Å². The van der Waals surface area contributed by atoms with Crippen molar-refractivity contribution in [3.63, 3.8) is 0 Å². The molecular formula is C11H11F2IO2. The van der Waals surface area contributed by atoms with Crippen LogP contribution < -0.4 is 4.74 Å². The van der Waals surface area contributed by atoms with Gasteiger partial charge in [-0.15, -0.1) is 0 Å². The third-order valence-electron chi connectivity index (χ3n) is 2.15. The van der Waals surface area contributed by atoms with Crippen LogP contribution in [0.3, 0.4) is 0 Å². The average molecular weight is 340 g/mol. The van der Waals surface area contributed by atoms with Crippen molar-refractivity contribution in [2.75, 3.05) is 0 Å². The van der Waals surface area contributed by atoms with Gasteiger partial charge in [-0.05, 0) is 48.1 Å². The molecule has 0 radical (unpaired) electrons. The summed E-state index contributed by atoms with van der Waals surface area (Å²) in [6, 6.07) is 3.25. The van der Waals surface area contributed by atoms with Crippen LogP contribution in [0.2, 0.25) is 0 Å². The summed E-state index contributed by atoms with van der Waals surface area (Å²) in [5, 5.41) is 0. The lowest BCUT2D eigenvalue weighted by Gasteiger charge is -2.14. The Bertz CT molecular complexity index is 405. The quantitative estimate of drug-likeness (QED) is 0.618. The molecule has 0 saturated carbocycles. The van der Waals surface area contributed by atoms with Crippen molar-refractivity contribution in [3.8, 4) is 5.75 Å². The maximum absolute atomic E-state index is 12.2. The van der Waals surface area contributed by atoms with E-state index in [0.29, 0.717) is 21.1 Å². The van der Waals surface area contributed by atoms with Crippen molar-refractivity contribution in [2.24, 2.45) is 0 Å². The minimum atomic E-state index is -2.87. The molecule has 0 N–H and O–H groups in total. The van der Waals surface area contributed by atoms with Gasteiger partial charge < -0.3 is 4.74 Å². The zero-order chi connectivity index (χ0) is 12.3. The van der Waals surface area contributed by atoms with E-state index >= 15 is 0 Å². The second-order valence-corrected chi connectivity index (χ2v) is 4.35. The van der Waals surface area contributed by atoms with E-state index in [4.69, 9.17) is 0 Å². The summed E-state index contributed by atoms with van der Waals surface area (Å²) in [6.45, 7) is 0.338. The van der Waals surface area contributed by atoms with Crippen molar-refractivity contribution >= 4 is 28.4 Å². The van der Waals surface area contributed by atoms with E-state index in [9.17, 15) is 13.6 Å². The van der Waals surface area contributed by atoms with Crippen molar-refractivity contribution < 1.29 is 18.3 Å². The third kappa shape index (κ3) is 2.90. The molecule has 1 aromatic rings. The molecule has 5 heteroatoms. The van der Waals surface area contributed by atoms with Crippen LogP contribution in [0.1, 0.15) is 29.8 Å². The molecule has 0 fully saturated rings. The predicted molar refractivity (Wildman–Crippen MR) is 65.2 cm³/mol. The number of Topliss-reactive ketones (excluding diaryl/α,β-unsaturated/α-hetero) is 1. The summed E-state index contributed by atoms with van der Waals surface area (Å²) < 4.78 is 29.5. The first-order valence-corrected chi connectivity index (χ1v) is 5.82. The zero-order valence-electron chi connectivity index (χ0n) is 8.89. The summed E-state index contributed by atoms with van der Waals surface area (Å²) in [4.78, 5) is 11.3. The van der Waals surface area contributed by atoms with Crippen molar-refractivity contribution in [1.29, 1.82) is 0 Å². The molecule has 0 aliphatic rings. The fraction of sp³-hybridized carbons (Fsp3) is 0.364. The van der Waals surface area contributed by atoms with Crippen LogP contribution in [-0.4, -0.2) is 12.4 Å². The number of alkyl halides is 2. The minimum absolute atomic E-state index is 0.116. The molecule has 1 aromatic carbocycles. The fourth-order valence-electron chi connectivity index (χ4n) is 1.50. The molecular weight excluding hydrogens is 329 g/mol. The smallest absolute Gasteiger partial charge is 0.387 e. The Morgan fingerprint density at radius 1 is 1.50 bits per heavy atom. The Morgan fingerprint density at radius 2 is 2.12 bits per heavy atom. The predicted octanol–water partition coefficient (Wildman–Crippen LogP) is 3.66. The molecule has 0 amide bonds. The topological polar surface area (TPSA) is 26.3 Å². The number of halogens is 3. The Kier molecular flexibility index (Phi) is 4.64. The van der Waals surface area contributed by atoms with Gasteiger partial charge in [0.15, 0.2) is 5.78 Å². The summed E-state index contributed by atoms with van der Waals surface area (Å²) in [5.41, 5.74) is 0.985. The number of rotatable bonds is 4. The molecule has 0 saturated heterocycles. The highest BCUT2D eigenvalue weighted by Crippen LogP contribution is 2.30. The number of hydrogen-bond acceptors (Lipinski definition) is 2. The Morgan fingerprint density at radius 3 is 2.56 bits per heavy atom. The van der Waals surface area contributed by atoms with Gasteiger partial charge in [0.1, 0.15) is 5.75 Å². The second-order valence-electron chi connectivity index (χ2n) is 3.19. The molecule has 88 valence electrons. The lowest BCUT2D eigenvalue weighted by atomic mass is 10.0. The average Bonchev–Trinajstić information content (AvgIpc) is 2.19. The standard InChI is InChI=1S/C11H11F2IO2/c1-3-7-8(6(2)15)4-5-9(14)10(7)16-11(12)13/h4-5,11H,3H2,1-2H3. The van der Waals surface area contributed by atoms with Gasteiger partial charge in [0.05, 0.1) is 3.57 Å². The monoisotopic (exact) mass is 340 g/mol. The lowest BCUT2D eigenvalue weighted by molar-refractivity contribution is -0.0510. The Hall–Kier alpha value is -0.720. The second kappa shape index (κ2) is 5.56. The molecule has 0 aromatic heterocycles. The molecule has 0 spiro atoms. The number of benzene rings is 1. The van der Waals surface area contributed by atoms with Crippen LogP contribution in [0.5, 0.6) is 5.75 Å². The van der Waals surface area contributed by atoms with E-state index in [1.165, 1.54) is 6.92 Å². The van der Waals surface area contributed by atoms with Gasteiger partial charge in [-0.25, -0.2) is 0 Å². The molecule has 0 aliphatic carbocycles. The van der Waals surface area contributed by atoms with Crippen molar-refractivity contribution in [1.82, 2.24) is 0 Å². The number of hydrogen-bond donors (Lipinski definition) is 0. The van der Waals surface area contributed by atoms with E-state index in [0.717, 1.165) is 0 Å². The molecule has 1 rings (SSSR count). The number of carbonyl (C=O) groups excluding carboxylic acids is 1. The maximum Gasteiger partial charge on any atom is 0.387 e. The van der Waals surface area contributed by atoms with E-state index in [-0.39, 0.29) is 11.5 Å². The SMILES string of the molecule is CCc1c(C(C)=O)ccc(I)c1OC(F)F. The maximum atomic E-state index is 12.2. The van der Waals surface area contributed by atoms with Gasteiger partial charge in [-0.3, -0.25) is 4.79 Å². The highest BCUT2D eigenvalue weighted by molar-refractivity contribution is 14.1. The zero-order valence-corrected chi connectivity index (χ0v) is 11.0. The van der Waals surface area contributed by atoms with E-state index < -0.39 is 6.61 Å². The first kappa shape index (κ1) is 13.3. The minimum Gasteiger partial charge on any atom is -0.433 e. The van der Waals surface area contributed by atoms with Gasteiger partial charge in [-0.2, -0.15) is 8.78 Å². The van der Waals surface area contributed by atoms with Crippen LogP contribution in [0.4, 0.5) is 8.78 Å². The first-order chi connectivity index (χ1) is 7.47. The highest BCUT2D eigenvalue weighted by Gasteiger charge is 2.17. The van der Waals surface area contributed by atoms with Gasteiger partial charge in [0, 0.05) is 11.1 Å². The summed E-state index contributed by atoms with van der Waals surface area (Å²) in [7, 11) is 0. The van der Waals surface area contributed by atoms with Gasteiger partial charge in [-0.1, -0.05) is 6.92 Å². The van der Waals surface area contributed by atoms with Gasteiger partial charge in [0.2, 0.25) is 0 Å². The molecule has 0 atom stereocenters. The van der Waals surface area contributed by atoms with Crippen LogP contribution in [0.25, 0.3) is 0 Å². The molecule has 0 heterocycles. The fourth-order valence-corrected chi connectivity index (χ4v) is 2.13. The van der Waals surface area contributed by atoms with E-state index in [1.807, 2.05) is 22.6 Å². The van der Waals surface area contributed by atoms with Gasteiger partial charge in [0.25, 0.3) is 0 Å². The Labute approximate surface area is 106 Å². The molecule has 2 nitrogen and oxygen atoms in total. The number of carbonyl (C=O) groups is 1. The van der Waals surface area contributed by atoms with E-state index in [2.05, 4.69) is 4.74 Å². The molecule has 16 heavy (non-hydrogen) atoms. The first-order valence-electron chi connectivity index (χ1n) is 4.74. The molecule has 0 aliphatic heterocycles. The Balaban J connectivity index is 3.32. The number of ketones is 1. The normalized spacial score (nSPS) is 10.6. The molecule has 0 bridgehead atoms. The largest absolute Gasteiger partial charge is 0.433 e. The highest BCUT2D eigenvalue weighted by atomic mass is 127.